The van der Waals surface area contributed by atoms with E-state index in [2.05, 4.69) is 0 Å². The van der Waals surface area contributed by atoms with Gasteiger partial charge < -0.3 is 20.1 Å². The minimum Gasteiger partial charge on any atom is -0.502 e. The lowest BCUT2D eigenvalue weighted by molar-refractivity contribution is -0.145. The summed E-state index contributed by atoms with van der Waals surface area (Å²) in [4.78, 5) is 11.5. The first kappa shape index (κ1) is 13.6. The Hall–Kier alpha value is -1.85. The van der Waals surface area contributed by atoms with Crippen LogP contribution >= 0.6 is 0 Å². The van der Waals surface area contributed by atoms with Crippen LogP contribution in [0.1, 0.15) is 18.4 Å². The second kappa shape index (κ2) is 5.86. The number of benzene rings is 1. The van der Waals surface area contributed by atoms with Crippen LogP contribution in [0.25, 0.3) is 5.57 Å². The number of aliphatic hydroxyl groups excluding tert-OH is 3. The van der Waals surface area contributed by atoms with Crippen LogP contribution in [-0.4, -0.2) is 40.1 Å². The third-order valence-electron chi connectivity index (χ3n) is 3.06. The van der Waals surface area contributed by atoms with Crippen LogP contribution in [0.5, 0.6) is 0 Å². The van der Waals surface area contributed by atoms with Gasteiger partial charge in [-0.25, -0.2) is 4.79 Å². The van der Waals surface area contributed by atoms with Gasteiger partial charge in [0.1, 0.15) is 0 Å². The molecule has 0 aromatic heterocycles. The molecule has 1 heterocycles. The van der Waals surface area contributed by atoms with Crippen molar-refractivity contribution in [3.05, 3.63) is 41.7 Å². The third kappa shape index (κ3) is 2.77. The molecule has 1 aromatic carbocycles. The van der Waals surface area contributed by atoms with E-state index in [1.54, 1.807) is 24.3 Å². The maximum Gasteiger partial charge on any atom is 0.374 e. The van der Waals surface area contributed by atoms with Crippen molar-refractivity contribution in [2.24, 2.45) is 0 Å². The smallest absolute Gasteiger partial charge is 0.374 e. The second-order valence-corrected chi connectivity index (χ2v) is 4.39. The van der Waals surface area contributed by atoms with Gasteiger partial charge in [-0.05, 0) is 18.4 Å². The molecular formula is C14H16O5. The molecule has 5 heteroatoms. The zero-order valence-corrected chi connectivity index (χ0v) is 10.3. The van der Waals surface area contributed by atoms with Crippen molar-refractivity contribution < 1.29 is 24.9 Å². The number of rotatable bonds is 5. The molecule has 3 N–H and O–H groups in total. The van der Waals surface area contributed by atoms with Crippen LogP contribution in [0, 0.1) is 0 Å². The van der Waals surface area contributed by atoms with Gasteiger partial charge in [0, 0.05) is 6.61 Å². The van der Waals surface area contributed by atoms with Gasteiger partial charge in [0.2, 0.25) is 5.76 Å². The first-order chi connectivity index (χ1) is 9.15. The lowest BCUT2D eigenvalue weighted by Crippen LogP contribution is -2.28. The quantitative estimate of drug-likeness (QED) is 0.691. The number of hydrogen-bond acceptors (Lipinski definition) is 5. The Morgan fingerprint density at radius 3 is 2.58 bits per heavy atom. The number of carbonyl (C=O) groups excluding carboxylic acids is 1. The third-order valence-corrected chi connectivity index (χ3v) is 3.06. The first-order valence-corrected chi connectivity index (χ1v) is 6.13. The van der Waals surface area contributed by atoms with E-state index < -0.39 is 23.9 Å². The first-order valence-electron chi connectivity index (χ1n) is 6.13. The number of carbonyl (C=O) groups is 1. The average Bonchev–Trinajstić information content (AvgIpc) is 2.73. The Kier molecular flexibility index (Phi) is 4.19. The predicted molar refractivity (Wildman–Crippen MR) is 68.2 cm³/mol. The summed E-state index contributed by atoms with van der Waals surface area (Å²) in [6.07, 6.45) is -1.15. The van der Waals surface area contributed by atoms with E-state index in [1.807, 2.05) is 6.07 Å². The monoisotopic (exact) mass is 264 g/mol. The Labute approximate surface area is 110 Å². The van der Waals surface area contributed by atoms with Crippen molar-refractivity contribution in [1.29, 1.82) is 0 Å². The van der Waals surface area contributed by atoms with E-state index in [0.29, 0.717) is 17.6 Å². The molecule has 2 rings (SSSR count). The number of ether oxygens (including phenoxy) is 1. The van der Waals surface area contributed by atoms with Crippen molar-refractivity contribution in [2.45, 2.75) is 25.0 Å². The molecule has 0 aliphatic carbocycles. The Morgan fingerprint density at radius 1 is 1.26 bits per heavy atom. The molecule has 0 saturated carbocycles. The highest BCUT2D eigenvalue weighted by Gasteiger charge is 2.39. The van der Waals surface area contributed by atoms with Crippen LogP contribution < -0.4 is 0 Å². The topological polar surface area (TPSA) is 87.0 Å². The van der Waals surface area contributed by atoms with Crippen molar-refractivity contribution in [3.8, 4) is 0 Å². The lowest BCUT2D eigenvalue weighted by Gasteiger charge is -2.19. The summed E-state index contributed by atoms with van der Waals surface area (Å²) in [7, 11) is 0. The zero-order chi connectivity index (χ0) is 13.8. The number of aliphatic hydroxyl groups is 3. The normalized spacial score (nSPS) is 20.5. The molecule has 0 saturated heterocycles. The zero-order valence-electron chi connectivity index (χ0n) is 10.3. The molecule has 1 aliphatic heterocycles. The summed E-state index contributed by atoms with van der Waals surface area (Å²) >= 11 is 0. The maximum absolute atomic E-state index is 11.5. The van der Waals surface area contributed by atoms with Gasteiger partial charge in [0.15, 0.2) is 6.10 Å². The molecule has 0 radical (unpaired) electrons. The largest absolute Gasteiger partial charge is 0.502 e. The molecule has 0 fully saturated rings. The lowest BCUT2D eigenvalue weighted by atomic mass is 9.95. The molecule has 0 amide bonds. The standard InChI is InChI=1S/C14H16O5/c15-8-4-7-10(16)13-11(12(17)14(18)19-13)9-5-2-1-3-6-9/h1-3,5-6,10,13,15-17H,4,7-8H2. The summed E-state index contributed by atoms with van der Waals surface area (Å²) < 4.78 is 5.00. The van der Waals surface area contributed by atoms with E-state index in [1.165, 1.54) is 0 Å². The fraction of sp³-hybridized carbons (Fsp3) is 0.357. The molecule has 19 heavy (non-hydrogen) atoms. The predicted octanol–water partition coefficient (Wildman–Crippen LogP) is 1.01. The SMILES string of the molecule is O=C1OC(C(O)CCCO)C(c2ccccc2)=C1O. The molecule has 1 aromatic rings. The molecular weight excluding hydrogens is 248 g/mol. The molecule has 2 atom stereocenters. The highest BCUT2D eigenvalue weighted by Crippen LogP contribution is 2.33. The fourth-order valence-electron chi connectivity index (χ4n) is 2.12. The van der Waals surface area contributed by atoms with E-state index >= 15 is 0 Å². The highest BCUT2D eigenvalue weighted by atomic mass is 16.6. The average molecular weight is 264 g/mol. The summed E-state index contributed by atoms with van der Waals surface area (Å²) in [5.41, 5.74) is 0.940. The second-order valence-electron chi connectivity index (χ2n) is 4.39. The van der Waals surface area contributed by atoms with Crippen LogP contribution in [0.3, 0.4) is 0 Å². The molecule has 0 spiro atoms. The van der Waals surface area contributed by atoms with E-state index in [4.69, 9.17) is 9.84 Å². The van der Waals surface area contributed by atoms with Gasteiger partial charge in [-0.2, -0.15) is 0 Å². The molecule has 1 aliphatic rings. The van der Waals surface area contributed by atoms with E-state index in [0.717, 1.165) is 0 Å². The molecule has 5 nitrogen and oxygen atoms in total. The minimum absolute atomic E-state index is 0.0475. The summed E-state index contributed by atoms with van der Waals surface area (Å²) in [5.74, 6) is -1.29. The Morgan fingerprint density at radius 2 is 1.95 bits per heavy atom. The van der Waals surface area contributed by atoms with Gasteiger partial charge >= 0.3 is 5.97 Å². The number of cyclic esters (lactones) is 1. The summed E-state index contributed by atoms with van der Waals surface area (Å²) in [6.45, 7) is -0.0475. The van der Waals surface area contributed by atoms with Gasteiger partial charge in [-0.3, -0.25) is 0 Å². The van der Waals surface area contributed by atoms with Gasteiger partial charge in [0.25, 0.3) is 0 Å². The minimum atomic E-state index is -0.948. The van der Waals surface area contributed by atoms with E-state index in [-0.39, 0.29) is 13.0 Å². The van der Waals surface area contributed by atoms with Crippen LogP contribution in [0.4, 0.5) is 0 Å². The van der Waals surface area contributed by atoms with Crippen LogP contribution in [-0.2, 0) is 9.53 Å². The highest BCUT2D eigenvalue weighted by molar-refractivity contribution is 6.00. The number of esters is 1. The van der Waals surface area contributed by atoms with E-state index in [9.17, 15) is 15.0 Å². The van der Waals surface area contributed by atoms with Gasteiger partial charge in [-0.15, -0.1) is 0 Å². The number of hydrogen-bond donors (Lipinski definition) is 3. The summed E-state index contributed by atoms with van der Waals surface area (Å²) in [5, 5.41) is 28.6. The van der Waals surface area contributed by atoms with Crippen molar-refractivity contribution in [2.75, 3.05) is 6.61 Å². The van der Waals surface area contributed by atoms with Crippen molar-refractivity contribution in [3.63, 3.8) is 0 Å². The van der Waals surface area contributed by atoms with Crippen molar-refractivity contribution >= 4 is 11.5 Å². The molecule has 2 unspecified atom stereocenters. The van der Waals surface area contributed by atoms with Gasteiger partial charge in [-0.1, -0.05) is 30.3 Å². The van der Waals surface area contributed by atoms with Crippen LogP contribution in [0.15, 0.2) is 36.1 Å². The Bertz CT molecular complexity index is 480. The molecule has 0 bridgehead atoms. The maximum atomic E-state index is 11.5. The molecule has 102 valence electrons. The summed E-state index contributed by atoms with van der Waals surface area (Å²) in [6, 6.07) is 8.83. The Balaban J connectivity index is 2.28. The van der Waals surface area contributed by atoms with Gasteiger partial charge in [0.05, 0.1) is 11.7 Å². The fourth-order valence-corrected chi connectivity index (χ4v) is 2.12. The van der Waals surface area contributed by atoms with Crippen molar-refractivity contribution in [1.82, 2.24) is 0 Å². The van der Waals surface area contributed by atoms with Crippen LogP contribution in [0.2, 0.25) is 0 Å².